The van der Waals surface area contributed by atoms with E-state index < -0.39 is 9.84 Å². The van der Waals surface area contributed by atoms with Crippen molar-refractivity contribution in [1.82, 2.24) is 0 Å². The van der Waals surface area contributed by atoms with E-state index in [2.05, 4.69) is 22.5 Å². The standard InChI is InChI=1S/C9H7BrCl2O2S/c1-2-5-15(13,14)7-4-3-6(10)8(11)9(7)12/h2-4H,1,5H2. The van der Waals surface area contributed by atoms with Gasteiger partial charge in [0.2, 0.25) is 0 Å². The molecule has 0 N–H and O–H groups in total. The Hall–Kier alpha value is -0.0300. The molecule has 0 radical (unpaired) electrons. The van der Waals surface area contributed by atoms with Crippen LogP contribution in [0.25, 0.3) is 0 Å². The van der Waals surface area contributed by atoms with E-state index in [4.69, 9.17) is 23.2 Å². The van der Waals surface area contributed by atoms with Gasteiger partial charge in [-0.3, -0.25) is 0 Å². The summed E-state index contributed by atoms with van der Waals surface area (Å²) in [7, 11) is -3.44. The molecular weight excluding hydrogens is 323 g/mol. The molecule has 0 amide bonds. The van der Waals surface area contributed by atoms with E-state index in [0.29, 0.717) is 4.47 Å². The molecule has 1 rings (SSSR count). The molecule has 0 unspecified atom stereocenters. The molecule has 0 fully saturated rings. The average Bonchev–Trinajstić information content (AvgIpc) is 2.13. The predicted octanol–water partition coefficient (Wildman–Crippen LogP) is 3.72. The quantitative estimate of drug-likeness (QED) is 0.625. The number of sulfone groups is 1. The largest absolute Gasteiger partial charge is 0.223 e. The van der Waals surface area contributed by atoms with Crippen molar-refractivity contribution in [1.29, 1.82) is 0 Å². The van der Waals surface area contributed by atoms with Gasteiger partial charge in [0.05, 0.1) is 20.7 Å². The number of rotatable bonds is 3. The molecule has 0 saturated heterocycles. The van der Waals surface area contributed by atoms with Crippen LogP contribution in [0.1, 0.15) is 0 Å². The Morgan fingerprint density at radius 3 is 2.47 bits per heavy atom. The Morgan fingerprint density at radius 1 is 1.33 bits per heavy atom. The highest BCUT2D eigenvalue weighted by Gasteiger charge is 2.19. The van der Waals surface area contributed by atoms with Gasteiger partial charge in [-0.15, -0.1) is 6.58 Å². The summed E-state index contributed by atoms with van der Waals surface area (Å²) in [5, 5.41) is 0.231. The number of hydrogen-bond acceptors (Lipinski definition) is 2. The summed E-state index contributed by atoms with van der Waals surface area (Å²) in [6.07, 6.45) is 1.31. The molecule has 0 aliphatic rings. The molecule has 0 atom stereocenters. The Bertz CT molecular complexity index is 497. The van der Waals surface area contributed by atoms with Crippen molar-refractivity contribution in [2.45, 2.75) is 4.90 Å². The van der Waals surface area contributed by atoms with Gasteiger partial charge in [0.25, 0.3) is 0 Å². The van der Waals surface area contributed by atoms with Crippen LogP contribution in [0.4, 0.5) is 0 Å². The van der Waals surface area contributed by atoms with Crippen LogP contribution in [0.15, 0.2) is 34.2 Å². The Kier molecular flexibility index (Phi) is 4.23. The molecule has 0 aliphatic carbocycles. The lowest BCUT2D eigenvalue weighted by Gasteiger charge is -2.06. The minimum atomic E-state index is -3.44. The van der Waals surface area contributed by atoms with Crippen LogP contribution in [-0.2, 0) is 9.84 Å². The summed E-state index contributed by atoms with van der Waals surface area (Å²) >= 11 is 14.8. The molecular formula is C9H7BrCl2O2S. The van der Waals surface area contributed by atoms with Crippen LogP contribution >= 0.6 is 39.1 Å². The van der Waals surface area contributed by atoms with E-state index >= 15 is 0 Å². The minimum absolute atomic E-state index is 0.0252. The van der Waals surface area contributed by atoms with Crippen molar-refractivity contribution in [3.63, 3.8) is 0 Å². The van der Waals surface area contributed by atoms with Gasteiger partial charge in [-0.1, -0.05) is 29.3 Å². The van der Waals surface area contributed by atoms with Gasteiger partial charge in [0.1, 0.15) is 0 Å². The zero-order valence-corrected chi connectivity index (χ0v) is 11.4. The first-order chi connectivity index (χ1) is 6.90. The molecule has 2 nitrogen and oxygen atoms in total. The van der Waals surface area contributed by atoms with Gasteiger partial charge in [0, 0.05) is 4.47 Å². The predicted molar refractivity (Wildman–Crippen MR) is 66.4 cm³/mol. The third-order valence-electron chi connectivity index (χ3n) is 1.67. The fraction of sp³-hybridized carbons (Fsp3) is 0.111. The van der Waals surface area contributed by atoms with Crippen LogP contribution in [0.5, 0.6) is 0 Å². The Labute approximate surface area is 107 Å². The number of benzene rings is 1. The molecule has 15 heavy (non-hydrogen) atoms. The highest BCUT2D eigenvalue weighted by atomic mass is 79.9. The van der Waals surface area contributed by atoms with E-state index in [0.717, 1.165) is 0 Å². The van der Waals surface area contributed by atoms with Crippen molar-refractivity contribution in [3.8, 4) is 0 Å². The number of hydrogen-bond donors (Lipinski definition) is 0. The summed E-state index contributed by atoms with van der Waals surface area (Å²) in [4.78, 5) is 0.0252. The maximum Gasteiger partial charge on any atom is 0.183 e. The smallest absolute Gasteiger partial charge is 0.183 e. The zero-order valence-electron chi connectivity index (χ0n) is 7.50. The van der Waals surface area contributed by atoms with Crippen LogP contribution in [-0.4, -0.2) is 14.2 Å². The molecule has 0 spiro atoms. The molecule has 0 aliphatic heterocycles. The van der Waals surface area contributed by atoms with Gasteiger partial charge in [0.15, 0.2) is 9.84 Å². The molecule has 0 bridgehead atoms. The Balaban J connectivity index is 3.40. The van der Waals surface area contributed by atoms with E-state index in [1.165, 1.54) is 12.1 Å². The summed E-state index contributed by atoms with van der Waals surface area (Å²) < 4.78 is 23.9. The van der Waals surface area contributed by atoms with Crippen molar-refractivity contribution in [3.05, 3.63) is 39.3 Å². The summed E-state index contributed by atoms with van der Waals surface area (Å²) in [6, 6.07) is 2.96. The molecule has 0 aromatic heterocycles. The molecule has 1 aromatic rings. The second-order valence-corrected chi connectivity index (χ2v) is 6.36. The first kappa shape index (κ1) is 13.0. The van der Waals surface area contributed by atoms with Crippen molar-refractivity contribution >= 4 is 49.0 Å². The summed E-state index contributed by atoms with van der Waals surface area (Å²) in [6.45, 7) is 3.38. The minimum Gasteiger partial charge on any atom is -0.223 e. The van der Waals surface area contributed by atoms with Gasteiger partial charge >= 0.3 is 0 Å². The third-order valence-corrected chi connectivity index (χ3v) is 5.24. The summed E-state index contributed by atoms with van der Waals surface area (Å²) in [5.74, 6) is -0.162. The lowest BCUT2D eigenvalue weighted by molar-refractivity contribution is 0.599. The highest BCUT2D eigenvalue weighted by Crippen LogP contribution is 2.35. The van der Waals surface area contributed by atoms with Crippen LogP contribution in [0.2, 0.25) is 10.0 Å². The van der Waals surface area contributed by atoms with Crippen LogP contribution in [0, 0.1) is 0 Å². The molecule has 1 aromatic carbocycles. The third kappa shape index (κ3) is 2.75. The van der Waals surface area contributed by atoms with E-state index in [-0.39, 0.29) is 20.7 Å². The normalized spacial score (nSPS) is 11.4. The van der Waals surface area contributed by atoms with Crippen LogP contribution in [0.3, 0.4) is 0 Å². The monoisotopic (exact) mass is 328 g/mol. The van der Waals surface area contributed by atoms with Gasteiger partial charge < -0.3 is 0 Å². The second kappa shape index (κ2) is 4.87. The van der Waals surface area contributed by atoms with E-state index in [1.807, 2.05) is 0 Å². The lowest BCUT2D eigenvalue weighted by Crippen LogP contribution is -2.05. The maximum atomic E-state index is 11.7. The first-order valence-electron chi connectivity index (χ1n) is 3.87. The van der Waals surface area contributed by atoms with Crippen molar-refractivity contribution in [2.75, 3.05) is 5.75 Å². The Morgan fingerprint density at radius 2 is 1.93 bits per heavy atom. The molecule has 0 saturated carbocycles. The lowest BCUT2D eigenvalue weighted by atomic mass is 10.4. The maximum absolute atomic E-state index is 11.7. The SMILES string of the molecule is C=CCS(=O)(=O)c1ccc(Br)c(Cl)c1Cl. The van der Waals surface area contributed by atoms with Crippen molar-refractivity contribution in [2.24, 2.45) is 0 Å². The first-order valence-corrected chi connectivity index (χ1v) is 7.07. The molecule has 82 valence electrons. The fourth-order valence-electron chi connectivity index (χ4n) is 0.993. The molecule has 6 heteroatoms. The van der Waals surface area contributed by atoms with Gasteiger partial charge in [-0.2, -0.15) is 0 Å². The van der Waals surface area contributed by atoms with E-state index in [1.54, 1.807) is 6.07 Å². The van der Waals surface area contributed by atoms with Gasteiger partial charge in [-0.25, -0.2) is 8.42 Å². The summed E-state index contributed by atoms with van der Waals surface area (Å²) in [5.41, 5.74) is 0. The highest BCUT2D eigenvalue weighted by molar-refractivity contribution is 9.10. The number of halogens is 3. The zero-order chi connectivity index (χ0) is 11.6. The fourth-order valence-corrected chi connectivity index (χ4v) is 3.32. The van der Waals surface area contributed by atoms with Crippen LogP contribution < -0.4 is 0 Å². The molecule has 0 heterocycles. The van der Waals surface area contributed by atoms with Crippen molar-refractivity contribution < 1.29 is 8.42 Å². The topological polar surface area (TPSA) is 34.1 Å². The van der Waals surface area contributed by atoms with E-state index in [9.17, 15) is 8.42 Å². The second-order valence-electron chi connectivity index (χ2n) is 2.74. The average molecular weight is 330 g/mol. The van der Waals surface area contributed by atoms with Gasteiger partial charge in [-0.05, 0) is 28.1 Å².